The van der Waals surface area contributed by atoms with E-state index in [9.17, 15) is 4.79 Å². The summed E-state index contributed by atoms with van der Waals surface area (Å²) in [5.74, 6) is 1.54. The Labute approximate surface area is 133 Å². The van der Waals surface area contributed by atoms with Gasteiger partial charge in [0.15, 0.2) is 0 Å². The van der Waals surface area contributed by atoms with Gasteiger partial charge in [0.2, 0.25) is 5.91 Å². The first-order chi connectivity index (χ1) is 10.5. The minimum absolute atomic E-state index is 0.0784. The summed E-state index contributed by atoms with van der Waals surface area (Å²) in [7, 11) is 0. The number of carbonyl (C=O) groups is 1. The van der Waals surface area contributed by atoms with Crippen molar-refractivity contribution in [2.75, 3.05) is 13.1 Å². The van der Waals surface area contributed by atoms with Gasteiger partial charge in [-0.1, -0.05) is 20.3 Å². The maximum absolute atomic E-state index is 12.6. The molecule has 0 aliphatic carbocycles. The van der Waals surface area contributed by atoms with Gasteiger partial charge in [0.05, 0.1) is 6.04 Å². The van der Waals surface area contributed by atoms with Gasteiger partial charge in [-0.05, 0) is 32.6 Å². The quantitative estimate of drug-likeness (QED) is 0.902. The van der Waals surface area contributed by atoms with Gasteiger partial charge in [-0.3, -0.25) is 4.79 Å². The van der Waals surface area contributed by atoms with Crippen LogP contribution in [0.1, 0.15) is 64.7 Å². The van der Waals surface area contributed by atoms with E-state index in [4.69, 9.17) is 5.73 Å². The zero-order valence-electron chi connectivity index (χ0n) is 14.2. The van der Waals surface area contributed by atoms with Gasteiger partial charge >= 0.3 is 0 Å². The summed E-state index contributed by atoms with van der Waals surface area (Å²) < 4.78 is 2.10. The second-order valence-electron chi connectivity index (χ2n) is 6.72. The minimum Gasteiger partial charge on any atom is -0.341 e. The zero-order chi connectivity index (χ0) is 16.3. The third-order valence-electron chi connectivity index (χ3n) is 4.80. The van der Waals surface area contributed by atoms with E-state index in [1.54, 1.807) is 6.33 Å². The number of amides is 1. The number of likely N-dealkylation sites (tertiary alicyclic amines) is 1. The fraction of sp³-hybridized carbons (Fsp3) is 0.812. The number of hydrogen-bond acceptors (Lipinski definition) is 4. The Morgan fingerprint density at radius 1 is 1.45 bits per heavy atom. The monoisotopic (exact) mass is 307 g/mol. The van der Waals surface area contributed by atoms with Crippen LogP contribution in [0.3, 0.4) is 0 Å². The van der Waals surface area contributed by atoms with Crippen LogP contribution in [0.25, 0.3) is 0 Å². The third-order valence-corrected chi connectivity index (χ3v) is 4.80. The topological polar surface area (TPSA) is 77.0 Å². The second-order valence-corrected chi connectivity index (χ2v) is 6.72. The van der Waals surface area contributed by atoms with Gasteiger partial charge in [0.25, 0.3) is 0 Å². The van der Waals surface area contributed by atoms with Gasteiger partial charge in [0.1, 0.15) is 12.2 Å². The summed E-state index contributed by atoms with van der Waals surface area (Å²) in [6, 6.07) is -0.0647. The van der Waals surface area contributed by atoms with E-state index in [2.05, 4.69) is 35.5 Å². The van der Waals surface area contributed by atoms with E-state index in [0.717, 1.165) is 31.6 Å². The Bertz CT molecular complexity index is 498. The molecule has 2 heterocycles. The molecule has 1 aromatic rings. The molecule has 3 atom stereocenters. The zero-order valence-corrected chi connectivity index (χ0v) is 14.2. The number of hydrogen-bond donors (Lipinski definition) is 1. The molecular formula is C16H29N5O. The highest BCUT2D eigenvalue weighted by molar-refractivity contribution is 5.82. The molecule has 1 fully saturated rings. The van der Waals surface area contributed by atoms with Crippen molar-refractivity contribution >= 4 is 5.91 Å². The Balaban J connectivity index is 2.09. The lowest BCUT2D eigenvalue weighted by molar-refractivity contribution is -0.135. The third kappa shape index (κ3) is 3.48. The average molecular weight is 307 g/mol. The summed E-state index contributed by atoms with van der Waals surface area (Å²) >= 11 is 0. The molecule has 6 nitrogen and oxygen atoms in total. The van der Waals surface area contributed by atoms with E-state index in [1.165, 1.54) is 0 Å². The fourth-order valence-corrected chi connectivity index (χ4v) is 3.04. The highest BCUT2D eigenvalue weighted by atomic mass is 16.2. The molecule has 1 aliphatic heterocycles. The van der Waals surface area contributed by atoms with Crippen LogP contribution in [0.5, 0.6) is 0 Å². The van der Waals surface area contributed by atoms with E-state index in [0.29, 0.717) is 12.6 Å². The Morgan fingerprint density at radius 3 is 2.82 bits per heavy atom. The number of nitrogens with zero attached hydrogens (tertiary/aromatic N) is 4. The summed E-state index contributed by atoms with van der Waals surface area (Å²) in [4.78, 5) is 14.5. The number of rotatable bonds is 5. The first kappa shape index (κ1) is 16.9. The van der Waals surface area contributed by atoms with Gasteiger partial charge in [-0.2, -0.15) is 0 Å². The van der Waals surface area contributed by atoms with E-state index < -0.39 is 6.04 Å². The molecule has 1 saturated heterocycles. The van der Waals surface area contributed by atoms with Gasteiger partial charge in [-0.15, -0.1) is 10.2 Å². The predicted octanol–water partition coefficient (Wildman–Crippen LogP) is 1.94. The molecule has 0 radical (unpaired) electrons. The fourth-order valence-electron chi connectivity index (χ4n) is 3.04. The predicted molar refractivity (Wildman–Crippen MR) is 86.4 cm³/mol. The van der Waals surface area contributed by atoms with Crippen molar-refractivity contribution in [1.82, 2.24) is 19.7 Å². The molecule has 1 aliphatic rings. The summed E-state index contributed by atoms with van der Waals surface area (Å²) in [5, 5.41) is 8.34. The van der Waals surface area contributed by atoms with Crippen LogP contribution < -0.4 is 5.73 Å². The van der Waals surface area contributed by atoms with Crippen molar-refractivity contribution in [1.29, 1.82) is 0 Å². The van der Waals surface area contributed by atoms with Crippen molar-refractivity contribution in [2.45, 2.75) is 65.0 Å². The summed E-state index contributed by atoms with van der Waals surface area (Å²) in [5.41, 5.74) is 6.12. The molecule has 1 amide bonds. The highest BCUT2D eigenvalue weighted by Crippen LogP contribution is 2.27. The Morgan fingerprint density at radius 2 is 2.18 bits per heavy atom. The minimum atomic E-state index is -0.397. The van der Waals surface area contributed by atoms with Crippen LogP contribution in [0.4, 0.5) is 0 Å². The number of aromatic nitrogens is 3. The van der Waals surface area contributed by atoms with Gasteiger partial charge in [-0.25, -0.2) is 0 Å². The summed E-state index contributed by atoms with van der Waals surface area (Å²) in [6.07, 6.45) is 4.75. The lowest BCUT2D eigenvalue weighted by Gasteiger charge is -2.35. The second kappa shape index (κ2) is 7.22. The van der Waals surface area contributed by atoms with Crippen molar-refractivity contribution in [3.8, 4) is 0 Å². The lowest BCUT2D eigenvalue weighted by Crippen LogP contribution is -2.50. The van der Waals surface area contributed by atoms with Crippen LogP contribution in [0, 0.1) is 5.92 Å². The number of nitrogens with two attached hydrogens (primary N) is 1. The summed E-state index contributed by atoms with van der Waals surface area (Å²) in [6.45, 7) is 9.86. The first-order valence-corrected chi connectivity index (χ1v) is 8.39. The molecule has 1 aromatic heterocycles. The number of carbonyl (C=O) groups excluding carboxylic acids is 1. The maximum Gasteiger partial charge on any atom is 0.239 e. The molecule has 0 spiro atoms. The van der Waals surface area contributed by atoms with Crippen LogP contribution in [0.15, 0.2) is 6.33 Å². The van der Waals surface area contributed by atoms with Crippen LogP contribution in [0.2, 0.25) is 0 Å². The first-order valence-electron chi connectivity index (χ1n) is 8.39. The number of piperidine rings is 1. The smallest absolute Gasteiger partial charge is 0.239 e. The molecule has 0 bridgehead atoms. The maximum atomic E-state index is 12.6. The SMILES string of the molecule is CCC(C)C(N)C(=O)N1CCCC(c2nncn2C(C)C)C1. The van der Waals surface area contributed by atoms with Gasteiger partial charge in [0, 0.05) is 25.0 Å². The van der Waals surface area contributed by atoms with Crippen LogP contribution >= 0.6 is 0 Å². The Kier molecular flexibility index (Phi) is 5.56. The average Bonchev–Trinajstić information content (AvgIpc) is 3.02. The molecule has 0 saturated carbocycles. The van der Waals surface area contributed by atoms with Crippen molar-refractivity contribution in [2.24, 2.45) is 11.7 Å². The Hall–Kier alpha value is -1.43. The molecule has 2 rings (SSSR count). The molecule has 2 N–H and O–H groups in total. The molecule has 124 valence electrons. The highest BCUT2D eigenvalue weighted by Gasteiger charge is 2.31. The molecule has 6 heteroatoms. The largest absolute Gasteiger partial charge is 0.341 e. The molecule has 3 unspecified atom stereocenters. The van der Waals surface area contributed by atoms with Crippen LogP contribution in [-0.2, 0) is 4.79 Å². The molecule has 22 heavy (non-hydrogen) atoms. The standard InChI is InChI=1S/C16H29N5O/c1-5-12(4)14(17)16(22)20-8-6-7-13(9-20)15-19-18-10-21(15)11(2)3/h10-14H,5-9,17H2,1-4H3. The van der Waals surface area contributed by atoms with Crippen molar-refractivity contribution < 1.29 is 4.79 Å². The van der Waals surface area contributed by atoms with Gasteiger partial charge < -0.3 is 15.2 Å². The van der Waals surface area contributed by atoms with E-state index >= 15 is 0 Å². The normalized spacial score (nSPS) is 21.9. The molecular weight excluding hydrogens is 278 g/mol. The van der Waals surface area contributed by atoms with E-state index in [1.807, 2.05) is 11.8 Å². The van der Waals surface area contributed by atoms with Crippen molar-refractivity contribution in [3.05, 3.63) is 12.2 Å². The lowest BCUT2D eigenvalue weighted by atomic mass is 9.94. The van der Waals surface area contributed by atoms with E-state index in [-0.39, 0.29) is 17.7 Å². The van der Waals surface area contributed by atoms with Crippen LogP contribution in [-0.4, -0.2) is 44.7 Å². The molecule has 0 aromatic carbocycles. The van der Waals surface area contributed by atoms with Crippen molar-refractivity contribution in [3.63, 3.8) is 0 Å².